The number of ketones is 1. The van der Waals surface area contributed by atoms with Gasteiger partial charge in [0.25, 0.3) is 0 Å². The molecule has 4 nitrogen and oxygen atoms in total. The first-order valence-electron chi connectivity index (χ1n) is 6.47. The number of carbonyl (C=O) groups is 2. The summed E-state index contributed by atoms with van der Waals surface area (Å²) in [5, 5.41) is 8.53. The van der Waals surface area contributed by atoms with Crippen LogP contribution in [0.4, 0.5) is 0 Å². The fraction of sp³-hybridized carbons (Fsp3) is 0.0588. The largest absolute Gasteiger partial charge is 0.482 e. The number of hydrogen-bond acceptors (Lipinski definition) is 3. The quantitative estimate of drug-likeness (QED) is 0.628. The highest BCUT2D eigenvalue weighted by atomic mass is 79.9. The second kappa shape index (κ2) is 7.56. The number of allylic oxidation sites excluding steroid dienone is 1. The van der Waals surface area contributed by atoms with Gasteiger partial charge < -0.3 is 9.84 Å². The Labute approximate surface area is 136 Å². The van der Waals surface area contributed by atoms with E-state index in [1.807, 2.05) is 6.07 Å². The molecule has 0 radical (unpaired) electrons. The van der Waals surface area contributed by atoms with Crippen LogP contribution >= 0.6 is 15.9 Å². The lowest BCUT2D eigenvalue weighted by Gasteiger charge is -2.02. The van der Waals surface area contributed by atoms with Crippen LogP contribution in [0.3, 0.4) is 0 Å². The predicted molar refractivity (Wildman–Crippen MR) is 87.1 cm³/mol. The van der Waals surface area contributed by atoms with Gasteiger partial charge in [-0.3, -0.25) is 4.79 Å². The molecule has 0 aromatic heterocycles. The van der Waals surface area contributed by atoms with Crippen molar-refractivity contribution in [2.75, 3.05) is 6.61 Å². The highest BCUT2D eigenvalue weighted by molar-refractivity contribution is 9.10. The Bertz CT molecular complexity index is 705. The molecule has 0 amide bonds. The van der Waals surface area contributed by atoms with Gasteiger partial charge in [0.1, 0.15) is 5.75 Å². The van der Waals surface area contributed by atoms with E-state index in [0.29, 0.717) is 11.3 Å². The lowest BCUT2D eigenvalue weighted by molar-refractivity contribution is -0.139. The zero-order valence-corrected chi connectivity index (χ0v) is 13.1. The molecule has 0 heterocycles. The fourth-order valence-electron chi connectivity index (χ4n) is 1.73. The summed E-state index contributed by atoms with van der Waals surface area (Å²) >= 11 is 3.33. The van der Waals surface area contributed by atoms with Crippen molar-refractivity contribution in [1.29, 1.82) is 0 Å². The maximum atomic E-state index is 12.0. The van der Waals surface area contributed by atoms with Gasteiger partial charge in [-0.25, -0.2) is 4.79 Å². The molecule has 1 N–H and O–H groups in total. The molecule has 5 heteroatoms. The predicted octanol–water partition coefficient (Wildman–Crippen LogP) is 3.81. The highest BCUT2D eigenvalue weighted by Crippen LogP contribution is 2.15. The van der Waals surface area contributed by atoms with Crippen LogP contribution in [-0.4, -0.2) is 23.5 Å². The third-order valence-corrected chi connectivity index (χ3v) is 3.27. The Hall–Kier alpha value is -2.40. The Morgan fingerprint density at radius 2 is 1.86 bits per heavy atom. The summed E-state index contributed by atoms with van der Waals surface area (Å²) < 4.78 is 5.89. The van der Waals surface area contributed by atoms with Crippen LogP contribution < -0.4 is 4.74 Å². The third kappa shape index (κ3) is 4.86. The minimum absolute atomic E-state index is 0.0903. The molecule has 0 saturated carbocycles. The van der Waals surface area contributed by atoms with Crippen LogP contribution in [0.2, 0.25) is 0 Å². The summed E-state index contributed by atoms with van der Waals surface area (Å²) in [6.45, 7) is -0.378. The van der Waals surface area contributed by atoms with Crippen molar-refractivity contribution in [3.63, 3.8) is 0 Å². The van der Waals surface area contributed by atoms with Gasteiger partial charge in [0.2, 0.25) is 0 Å². The Balaban J connectivity index is 2.01. The molecule has 0 fully saturated rings. The average molecular weight is 361 g/mol. The maximum absolute atomic E-state index is 12.0. The molecule has 0 aliphatic carbocycles. The third-order valence-electron chi connectivity index (χ3n) is 2.78. The van der Waals surface area contributed by atoms with E-state index in [2.05, 4.69) is 15.9 Å². The first-order valence-corrected chi connectivity index (χ1v) is 7.26. The van der Waals surface area contributed by atoms with Crippen molar-refractivity contribution in [1.82, 2.24) is 0 Å². The van der Waals surface area contributed by atoms with Gasteiger partial charge in [0.05, 0.1) is 0 Å². The van der Waals surface area contributed by atoms with Crippen molar-refractivity contribution < 1.29 is 19.4 Å². The molecular weight excluding hydrogens is 348 g/mol. The number of carboxylic acids is 1. The van der Waals surface area contributed by atoms with E-state index in [0.717, 1.165) is 10.0 Å². The van der Waals surface area contributed by atoms with Gasteiger partial charge >= 0.3 is 5.97 Å². The normalized spacial score (nSPS) is 10.6. The zero-order valence-electron chi connectivity index (χ0n) is 11.5. The molecule has 2 aromatic rings. The van der Waals surface area contributed by atoms with Crippen LogP contribution in [0.15, 0.2) is 59.1 Å². The van der Waals surface area contributed by atoms with Crippen LogP contribution in [0.5, 0.6) is 5.75 Å². The number of hydrogen-bond donors (Lipinski definition) is 1. The molecule has 112 valence electrons. The zero-order chi connectivity index (χ0) is 15.9. The second-order valence-corrected chi connectivity index (χ2v) is 5.38. The Morgan fingerprint density at radius 3 is 2.50 bits per heavy atom. The number of carbonyl (C=O) groups excluding carboxylic acids is 1. The SMILES string of the molecule is O=C(O)COc1ccc(/C=C/C(=O)c2cccc(Br)c2)cc1. The topological polar surface area (TPSA) is 63.6 Å². The molecular formula is C17H13BrO4. The molecule has 0 bridgehead atoms. The lowest BCUT2D eigenvalue weighted by Crippen LogP contribution is -2.09. The van der Waals surface area contributed by atoms with Crippen molar-refractivity contribution in [3.8, 4) is 5.75 Å². The Morgan fingerprint density at radius 1 is 1.14 bits per heavy atom. The van der Waals surface area contributed by atoms with Gasteiger partial charge in [-0.15, -0.1) is 0 Å². The molecule has 0 aliphatic rings. The lowest BCUT2D eigenvalue weighted by atomic mass is 10.1. The first-order chi connectivity index (χ1) is 10.5. The van der Waals surface area contributed by atoms with E-state index >= 15 is 0 Å². The first kappa shape index (κ1) is 16.0. The van der Waals surface area contributed by atoms with Gasteiger partial charge in [-0.1, -0.05) is 46.3 Å². The summed E-state index contributed by atoms with van der Waals surface area (Å²) in [7, 11) is 0. The number of benzene rings is 2. The average Bonchev–Trinajstić information content (AvgIpc) is 2.51. The van der Waals surface area contributed by atoms with E-state index in [-0.39, 0.29) is 12.4 Å². The molecule has 22 heavy (non-hydrogen) atoms. The second-order valence-electron chi connectivity index (χ2n) is 4.46. The van der Waals surface area contributed by atoms with E-state index in [1.165, 1.54) is 6.08 Å². The minimum Gasteiger partial charge on any atom is -0.482 e. The van der Waals surface area contributed by atoms with Crippen molar-refractivity contribution in [3.05, 3.63) is 70.2 Å². The van der Waals surface area contributed by atoms with Crippen molar-refractivity contribution in [2.24, 2.45) is 0 Å². The fourth-order valence-corrected chi connectivity index (χ4v) is 2.13. The summed E-state index contributed by atoms with van der Waals surface area (Å²) in [6.07, 6.45) is 3.19. The van der Waals surface area contributed by atoms with Gasteiger partial charge in [0, 0.05) is 10.0 Å². The van der Waals surface area contributed by atoms with Crippen molar-refractivity contribution >= 4 is 33.8 Å². The number of rotatable bonds is 6. The van der Waals surface area contributed by atoms with E-state index in [4.69, 9.17) is 9.84 Å². The summed E-state index contributed by atoms with van der Waals surface area (Å²) in [6, 6.07) is 14.0. The molecule has 0 spiro atoms. The molecule has 2 rings (SSSR count). The number of ether oxygens (including phenoxy) is 1. The summed E-state index contributed by atoms with van der Waals surface area (Å²) in [5.41, 5.74) is 1.43. The van der Waals surface area contributed by atoms with E-state index in [9.17, 15) is 9.59 Å². The van der Waals surface area contributed by atoms with E-state index in [1.54, 1.807) is 48.5 Å². The molecule has 2 aromatic carbocycles. The summed E-state index contributed by atoms with van der Waals surface area (Å²) in [5.74, 6) is -0.644. The molecule has 0 aliphatic heterocycles. The summed E-state index contributed by atoms with van der Waals surface area (Å²) in [4.78, 5) is 22.4. The minimum atomic E-state index is -1.02. The smallest absolute Gasteiger partial charge is 0.341 e. The maximum Gasteiger partial charge on any atom is 0.341 e. The number of halogens is 1. The Kier molecular flexibility index (Phi) is 5.49. The number of aliphatic carboxylic acids is 1. The van der Waals surface area contributed by atoms with Gasteiger partial charge in [-0.2, -0.15) is 0 Å². The van der Waals surface area contributed by atoms with Crippen LogP contribution in [0.1, 0.15) is 15.9 Å². The van der Waals surface area contributed by atoms with Crippen LogP contribution in [0.25, 0.3) is 6.08 Å². The van der Waals surface area contributed by atoms with Crippen LogP contribution in [-0.2, 0) is 4.79 Å². The molecule has 0 saturated heterocycles. The highest BCUT2D eigenvalue weighted by Gasteiger charge is 2.02. The van der Waals surface area contributed by atoms with E-state index < -0.39 is 5.97 Å². The monoisotopic (exact) mass is 360 g/mol. The number of carboxylic acid groups (broad SMARTS) is 1. The molecule has 0 atom stereocenters. The standard InChI is InChI=1S/C17H13BrO4/c18-14-3-1-2-13(10-14)16(19)9-6-12-4-7-15(8-5-12)22-11-17(20)21/h1-10H,11H2,(H,20,21)/b9-6+. The van der Waals surface area contributed by atoms with Crippen molar-refractivity contribution in [2.45, 2.75) is 0 Å². The molecule has 0 unspecified atom stereocenters. The van der Waals surface area contributed by atoms with Gasteiger partial charge in [0.15, 0.2) is 12.4 Å². The van der Waals surface area contributed by atoms with Gasteiger partial charge in [-0.05, 0) is 35.9 Å². The van der Waals surface area contributed by atoms with Crippen LogP contribution in [0, 0.1) is 0 Å².